The molecule has 2 rings (SSSR count). The molecule has 82 valence electrons. The zero-order valence-electron chi connectivity index (χ0n) is 9.32. The number of rotatable bonds is 4. The lowest BCUT2D eigenvalue weighted by Gasteiger charge is -2.09. The maximum atomic E-state index is 5.47. The molecular formula is C10H16N4O. The lowest BCUT2D eigenvalue weighted by atomic mass is 10.4. The average molecular weight is 208 g/mol. The molecule has 1 aliphatic carbocycles. The molecule has 0 aliphatic heterocycles. The lowest BCUT2D eigenvalue weighted by Crippen LogP contribution is -2.11. The van der Waals surface area contributed by atoms with E-state index in [2.05, 4.69) is 20.3 Å². The number of hydrogen-bond acceptors (Lipinski definition) is 5. The van der Waals surface area contributed by atoms with Crippen LogP contribution in [0.2, 0.25) is 0 Å². The first-order chi connectivity index (χ1) is 7.19. The van der Waals surface area contributed by atoms with Crippen LogP contribution in [-0.2, 0) is 0 Å². The van der Waals surface area contributed by atoms with E-state index in [1.54, 1.807) is 7.05 Å². The molecule has 1 aromatic heterocycles. The van der Waals surface area contributed by atoms with Crippen LogP contribution in [0.25, 0.3) is 0 Å². The first-order valence-corrected chi connectivity index (χ1v) is 5.29. The third-order valence-corrected chi connectivity index (χ3v) is 2.14. The van der Waals surface area contributed by atoms with Crippen molar-refractivity contribution in [2.75, 3.05) is 12.4 Å². The first-order valence-electron chi connectivity index (χ1n) is 5.29. The Balaban J connectivity index is 2.24. The summed E-state index contributed by atoms with van der Waals surface area (Å²) in [5, 5.41) is 2.92. The van der Waals surface area contributed by atoms with Gasteiger partial charge in [-0.15, -0.1) is 0 Å². The average Bonchev–Trinajstić information content (AvgIpc) is 2.99. The van der Waals surface area contributed by atoms with E-state index in [-0.39, 0.29) is 6.10 Å². The molecule has 15 heavy (non-hydrogen) atoms. The molecule has 1 aliphatic rings. The smallest absolute Gasteiger partial charge is 0.321 e. The van der Waals surface area contributed by atoms with Crippen molar-refractivity contribution in [3.8, 4) is 6.01 Å². The first kappa shape index (κ1) is 10.1. The van der Waals surface area contributed by atoms with Crippen LogP contribution >= 0.6 is 0 Å². The molecule has 0 bridgehead atoms. The van der Waals surface area contributed by atoms with Gasteiger partial charge in [-0.25, -0.2) is 0 Å². The van der Waals surface area contributed by atoms with E-state index in [0.717, 1.165) is 5.82 Å². The fourth-order valence-electron chi connectivity index (χ4n) is 1.27. The number of nitrogens with one attached hydrogen (secondary N) is 1. The molecule has 1 saturated carbocycles. The molecule has 0 saturated heterocycles. The summed E-state index contributed by atoms with van der Waals surface area (Å²) >= 11 is 0. The normalized spacial score (nSPS) is 15.5. The van der Waals surface area contributed by atoms with Gasteiger partial charge >= 0.3 is 6.01 Å². The number of anilines is 1. The third-order valence-electron chi connectivity index (χ3n) is 2.14. The highest BCUT2D eigenvalue weighted by atomic mass is 16.5. The predicted octanol–water partition coefficient (Wildman–Crippen LogP) is 1.58. The van der Waals surface area contributed by atoms with E-state index in [9.17, 15) is 0 Å². The summed E-state index contributed by atoms with van der Waals surface area (Å²) in [5.41, 5.74) is 0. The van der Waals surface area contributed by atoms with Crippen LogP contribution < -0.4 is 10.1 Å². The third kappa shape index (κ3) is 2.55. The molecule has 0 aromatic carbocycles. The molecule has 5 nitrogen and oxygen atoms in total. The number of hydrogen-bond donors (Lipinski definition) is 1. The highest BCUT2D eigenvalue weighted by molar-refractivity contribution is 5.26. The van der Waals surface area contributed by atoms with Crippen molar-refractivity contribution in [2.45, 2.75) is 38.7 Å². The molecule has 5 heteroatoms. The van der Waals surface area contributed by atoms with E-state index in [4.69, 9.17) is 4.74 Å². The Hall–Kier alpha value is -1.39. The predicted molar refractivity (Wildman–Crippen MR) is 57.1 cm³/mol. The van der Waals surface area contributed by atoms with Gasteiger partial charge in [-0.2, -0.15) is 15.0 Å². The SMILES string of the molecule is CNc1nc(OC(C)C)nc(C2CC2)n1. The minimum Gasteiger partial charge on any atom is -0.461 e. The van der Waals surface area contributed by atoms with E-state index >= 15 is 0 Å². The van der Waals surface area contributed by atoms with Gasteiger partial charge in [-0.05, 0) is 26.7 Å². The Labute approximate surface area is 89.3 Å². The fourth-order valence-corrected chi connectivity index (χ4v) is 1.27. The maximum absolute atomic E-state index is 5.47. The van der Waals surface area contributed by atoms with Gasteiger partial charge in [-0.3, -0.25) is 0 Å². The summed E-state index contributed by atoms with van der Waals surface area (Å²) in [4.78, 5) is 12.8. The summed E-state index contributed by atoms with van der Waals surface area (Å²) in [6.45, 7) is 3.92. The van der Waals surface area contributed by atoms with Gasteiger partial charge in [0.15, 0.2) is 0 Å². The van der Waals surface area contributed by atoms with Crippen LogP contribution in [0, 0.1) is 0 Å². The minimum atomic E-state index is 0.0872. The number of aromatic nitrogens is 3. The highest BCUT2D eigenvalue weighted by Crippen LogP contribution is 2.38. The molecule has 1 heterocycles. The van der Waals surface area contributed by atoms with Crippen molar-refractivity contribution in [1.82, 2.24) is 15.0 Å². The van der Waals surface area contributed by atoms with Crippen LogP contribution in [0.4, 0.5) is 5.95 Å². The van der Waals surface area contributed by atoms with Crippen LogP contribution in [0.15, 0.2) is 0 Å². The number of ether oxygens (including phenoxy) is 1. The van der Waals surface area contributed by atoms with Crippen LogP contribution in [0.1, 0.15) is 38.4 Å². The highest BCUT2D eigenvalue weighted by Gasteiger charge is 2.28. The Morgan fingerprint density at radius 3 is 2.53 bits per heavy atom. The second kappa shape index (κ2) is 4.00. The van der Waals surface area contributed by atoms with Crippen LogP contribution in [0.5, 0.6) is 6.01 Å². The second-order valence-electron chi connectivity index (χ2n) is 3.99. The lowest BCUT2D eigenvalue weighted by molar-refractivity contribution is 0.221. The van der Waals surface area contributed by atoms with Crippen molar-refractivity contribution < 1.29 is 4.74 Å². The van der Waals surface area contributed by atoms with Gasteiger partial charge in [0.2, 0.25) is 5.95 Å². The van der Waals surface area contributed by atoms with Gasteiger partial charge < -0.3 is 10.1 Å². The van der Waals surface area contributed by atoms with E-state index in [1.165, 1.54) is 12.8 Å². The summed E-state index contributed by atoms with van der Waals surface area (Å²) in [5.74, 6) is 1.95. The molecule has 1 aromatic rings. The topological polar surface area (TPSA) is 59.9 Å². The summed E-state index contributed by atoms with van der Waals surface area (Å²) in [6, 6.07) is 0.422. The molecule has 0 amide bonds. The Morgan fingerprint density at radius 1 is 1.27 bits per heavy atom. The molecular weight excluding hydrogens is 192 g/mol. The van der Waals surface area contributed by atoms with Gasteiger partial charge in [0.05, 0.1) is 6.10 Å². The van der Waals surface area contributed by atoms with Crippen molar-refractivity contribution in [3.63, 3.8) is 0 Å². The van der Waals surface area contributed by atoms with Crippen molar-refractivity contribution >= 4 is 5.95 Å². The maximum Gasteiger partial charge on any atom is 0.321 e. The Kier molecular flexibility index (Phi) is 2.70. The number of nitrogens with zero attached hydrogens (tertiary/aromatic N) is 3. The van der Waals surface area contributed by atoms with Gasteiger partial charge in [0.1, 0.15) is 5.82 Å². The zero-order chi connectivity index (χ0) is 10.8. The monoisotopic (exact) mass is 208 g/mol. The Morgan fingerprint density at radius 2 is 2.00 bits per heavy atom. The summed E-state index contributed by atoms with van der Waals surface area (Å²) in [7, 11) is 1.80. The Bertz CT molecular complexity index is 349. The molecule has 0 unspecified atom stereocenters. The standard InChI is InChI=1S/C10H16N4O/c1-6(2)15-10-13-8(7-4-5-7)12-9(11-3)14-10/h6-7H,4-5H2,1-3H3,(H,11,12,13,14). The largest absolute Gasteiger partial charge is 0.461 e. The van der Waals surface area contributed by atoms with Crippen molar-refractivity contribution in [1.29, 1.82) is 0 Å². The quantitative estimate of drug-likeness (QED) is 0.814. The van der Waals surface area contributed by atoms with Crippen LogP contribution in [-0.4, -0.2) is 28.1 Å². The fraction of sp³-hybridized carbons (Fsp3) is 0.700. The van der Waals surface area contributed by atoms with Gasteiger partial charge in [0.25, 0.3) is 0 Å². The van der Waals surface area contributed by atoms with Gasteiger partial charge in [0, 0.05) is 13.0 Å². The molecule has 1 fully saturated rings. The van der Waals surface area contributed by atoms with Crippen LogP contribution in [0.3, 0.4) is 0 Å². The van der Waals surface area contributed by atoms with E-state index < -0.39 is 0 Å². The minimum absolute atomic E-state index is 0.0872. The summed E-state index contributed by atoms with van der Waals surface area (Å²) in [6.07, 6.45) is 2.44. The van der Waals surface area contributed by atoms with Crippen molar-refractivity contribution in [3.05, 3.63) is 5.82 Å². The van der Waals surface area contributed by atoms with Crippen molar-refractivity contribution in [2.24, 2.45) is 0 Å². The molecule has 1 N–H and O–H groups in total. The van der Waals surface area contributed by atoms with Gasteiger partial charge in [-0.1, -0.05) is 0 Å². The molecule has 0 atom stereocenters. The zero-order valence-corrected chi connectivity index (χ0v) is 9.32. The molecule has 0 radical (unpaired) electrons. The molecule has 0 spiro atoms. The second-order valence-corrected chi connectivity index (χ2v) is 3.99. The summed E-state index contributed by atoms with van der Waals surface area (Å²) < 4.78 is 5.47. The van der Waals surface area contributed by atoms with E-state index in [1.807, 2.05) is 13.8 Å². The van der Waals surface area contributed by atoms with E-state index in [0.29, 0.717) is 17.9 Å².